The van der Waals surface area contributed by atoms with E-state index in [4.69, 9.17) is 0 Å². The lowest BCUT2D eigenvalue weighted by atomic mass is 10.1. The molecule has 0 unspecified atom stereocenters. The number of nitrogens with one attached hydrogen (secondary N) is 2. The zero-order valence-electron chi connectivity index (χ0n) is 18.3. The van der Waals surface area contributed by atoms with Crippen molar-refractivity contribution in [2.45, 2.75) is 19.4 Å². The molecule has 0 atom stereocenters. The number of carbonyl (C=O) groups excluding carboxylic acids is 3. The van der Waals surface area contributed by atoms with Crippen molar-refractivity contribution >= 4 is 23.8 Å². The zero-order chi connectivity index (χ0) is 23.1. The molecule has 0 radical (unpaired) electrons. The number of hydrogen-bond donors (Lipinski definition) is 3. The molecule has 3 rings (SSSR count). The van der Waals surface area contributed by atoms with E-state index in [9.17, 15) is 19.5 Å². The first kappa shape index (κ1) is 22.9. The summed E-state index contributed by atoms with van der Waals surface area (Å²) < 4.78 is 0. The van der Waals surface area contributed by atoms with E-state index in [1.807, 2.05) is 30.3 Å². The number of phenols is 1. The molecule has 0 bridgehead atoms. The highest BCUT2D eigenvalue weighted by atomic mass is 16.3. The van der Waals surface area contributed by atoms with E-state index < -0.39 is 5.91 Å². The minimum atomic E-state index is -0.455. The molecular weight excluding hydrogens is 408 g/mol. The summed E-state index contributed by atoms with van der Waals surface area (Å²) in [6.45, 7) is 1.64. The van der Waals surface area contributed by atoms with Gasteiger partial charge in [-0.05, 0) is 30.5 Å². The molecule has 0 spiro atoms. The van der Waals surface area contributed by atoms with Crippen LogP contribution in [-0.4, -0.2) is 60.2 Å². The lowest BCUT2D eigenvalue weighted by Crippen LogP contribution is -2.32. The molecule has 1 saturated heterocycles. The Balaban J connectivity index is 1.92. The summed E-state index contributed by atoms with van der Waals surface area (Å²) in [7, 11) is 3.13. The third-order valence-corrected chi connectivity index (χ3v) is 5.25. The van der Waals surface area contributed by atoms with E-state index in [1.54, 1.807) is 37.2 Å². The minimum absolute atomic E-state index is 0.0259. The number of carbonyl (C=O) groups is 3. The second-order valence-corrected chi connectivity index (χ2v) is 7.77. The van der Waals surface area contributed by atoms with Crippen LogP contribution in [0.1, 0.15) is 28.8 Å². The first-order chi connectivity index (χ1) is 15.4. The van der Waals surface area contributed by atoms with Crippen molar-refractivity contribution in [2.24, 2.45) is 0 Å². The first-order valence-electron chi connectivity index (χ1n) is 10.5. The Hall–Kier alpha value is -3.81. The topological polar surface area (TPSA) is 102 Å². The summed E-state index contributed by atoms with van der Waals surface area (Å²) in [5.41, 5.74) is 1.27. The average molecular weight is 437 g/mol. The molecule has 8 heteroatoms. The van der Waals surface area contributed by atoms with E-state index in [0.717, 1.165) is 18.4 Å². The molecule has 0 aromatic heterocycles. The summed E-state index contributed by atoms with van der Waals surface area (Å²) in [5, 5.41) is 16.6. The van der Waals surface area contributed by atoms with Crippen molar-refractivity contribution in [3.05, 3.63) is 71.1 Å². The number of para-hydroxylation sites is 1. The maximum atomic E-state index is 12.8. The van der Waals surface area contributed by atoms with Crippen molar-refractivity contribution in [1.29, 1.82) is 0 Å². The van der Waals surface area contributed by atoms with E-state index in [0.29, 0.717) is 25.9 Å². The van der Waals surface area contributed by atoms with Gasteiger partial charge in [0.05, 0.1) is 11.3 Å². The lowest BCUT2D eigenvalue weighted by molar-refractivity contribution is -0.124. The summed E-state index contributed by atoms with van der Waals surface area (Å²) in [5.74, 6) is -0.976. The summed E-state index contributed by atoms with van der Waals surface area (Å²) in [4.78, 5) is 40.5. The van der Waals surface area contributed by atoms with Gasteiger partial charge in [0.15, 0.2) is 12.0 Å². The summed E-state index contributed by atoms with van der Waals surface area (Å²) in [6, 6.07) is 14.2. The highest BCUT2D eigenvalue weighted by Crippen LogP contribution is 2.31. The van der Waals surface area contributed by atoms with Gasteiger partial charge in [-0.2, -0.15) is 0 Å². The van der Waals surface area contributed by atoms with Gasteiger partial charge in [-0.3, -0.25) is 14.4 Å². The number of allylic oxidation sites excluding steroid dienone is 1. The number of rotatable bonds is 8. The number of hydrogen-bond acceptors (Lipinski definition) is 6. The van der Waals surface area contributed by atoms with Crippen molar-refractivity contribution in [3.8, 4) is 5.75 Å². The van der Waals surface area contributed by atoms with Crippen LogP contribution in [0.4, 0.5) is 5.69 Å². The normalized spacial score (nSPS) is 13.9. The lowest BCUT2D eigenvalue weighted by Gasteiger charge is -2.21. The van der Waals surface area contributed by atoms with Crippen molar-refractivity contribution < 1.29 is 19.5 Å². The Morgan fingerprint density at radius 3 is 2.38 bits per heavy atom. The molecule has 168 valence electrons. The molecular formula is C24H28N4O4. The van der Waals surface area contributed by atoms with Crippen molar-refractivity contribution in [2.75, 3.05) is 32.5 Å². The Kier molecular flexibility index (Phi) is 7.49. The van der Waals surface area contributed by atoms with Crippen LogP contribution in [0, 0.1) is 0 Å². The van der Waals surface area contributed by atoms with Crippen LogP contribution in [0.2, 0.25) is 0 Å². The summed E-state index contributed by atoms with van der Waals surface area (Å²) in [6.07, 6.45) is 2.43. The van der Waals surface area contributed by atoms with Gasteiger partial charge >= 0.3 is 0 Å². The molecule has 2 aromatic rings. The Bertz CT molecular complexity index is 1010. The van der Waals surface area contributed by atoms with Gasteiger partial charge in [-0.25, -0.2) is 0 Å². The number of likely N-dealkylation sites (tertiary alicyclic amines) is 1. The molecule has 32 heavy (non-hydrogen) atoms. The van der Waals surface area contributed by atoms with Gasteiger partial charge in [-0.15, -0.1) is 0 Å². The monoisotopic (exact) mass is 436 g/mol. The fraction of sp³-hybridized carbons (Fsp3) is 0.292. The van der Waals surface area contributed by atoms with Crippen LogP contribution in [-0.2, 0) is 16.1 Å². The molecule has 1 heterocycles. The predicted molar refractivity (Wildman–Crippen MR) is 122 cm³/mol. The van der Waals surface area contributed by atoms with Crippen molar-refractivity contribution in [3.63, 3.8) is 0 Å². The van der Waals surface area contributed by atoms with E-state index >= 15 is 0 Å². The SMILES string of the molecule is CN(C)C(=O)/C(Nc1cccc(C(=O)N2CCCC2)c1O)=C(\C=O)NCc1ccccc1. The van der Waals surface area contributed by atoms with Crippen LogP contribution in [0.25, 0.3) is 0 Å². The second kappa shape index (κ2) is 10.5. The van der Waals surface area contributed by atoms with Crippen LogP contribution in [0.15, 0.2) is 59.9 Å². The smallest absolute Gasteiger partial charge is 0.272 e. The Labute approximate surface area is 187 Å². The molecule has 1 aliphatic rings. The van der Waals surface area contributed by atoms with E-state index in [-0.39, 0.29) is 34.3 Å². The largest absolute Gasteiger partial charge is 0.505 e. The van der Waals surface area contributed by atoms with Gasteiger partial charge in [0, 0.05) is 33.7 Å². The van der Waals surface area contributed by atoms with E-state index in [2.05, 4.69) is 10.6 Å². The minimum Gasteiger partial charge on any atom is -0.505 e. The molecule has 8 nitrogen and oxygen atoms in total. The summed E-state index contributed by atoms with van der Waals surface area (Å²) >= 11 is 0. The van der Waals surface area contributed by atoms with Gasteiger partial charge in [-0.1, -0.05) is 36.4 Å². The number of nitrogens with zero attached hydrogens (tertiary/aromatic N) is 2. The molecule has 0 saturated carbocycles. The number of anilines is 1. The molecule has 2 aromatic carbocycles. The maximum Gasteiger partial charge on any atom is 0.272 e. The molecule has 3 N–H and O–H groups in total. The molecule has 1 fully saturated rings. The number of benzene rings is 2. The standard InChI is InChI=1S/C24H28N4O4/c1-27(2)24(32)21(20(16-29)25-15-17-9-4-3-5-10-17)26-19-12-8-11-18(22(19)30)23(31)28-13-6-7-14-28/h3-5,8-12,16,25-26,30H,6-7,13-15H2,1-2H3/b21-20-. The molecule has 2 amide bonds. The molecule has 1 aliphatic heterocycles. The highest BCUT2D eigenvalue weighted by molar-refractivity contribution is 6.03. The second-order valence-electron chi connectivity index (χ2n) is 7.77. The molecule has 0 aliphatic carbocycles. The Morgan fingerprint density at radius 1 is 1.06 bits per heavy atom. The van der Waals surface area contributed by atoms with Gasteiger partial charge in [0.25, 0.3) is 11.8 Å². The number of amides is 2. The fourth-order valence-electron chi connectivity index (χ4n) is 3.48. The zero-order valence-corrected chi connectivity index (χ0v) is 18.3. The van der Waals surface area contributed by atoms with Crippen LogP contribution in [0.5, 0.6) is 5.75 Å². The average Bonchev–Trinajstić information content (AvgIpc) is 3.34. The van der Waals surface area contributed by atoms with E-state index in [1.165, 1.54) is 4.90 Å². The first-order valence-corrected chi connectivity index (χ1v) is 10.5. The van der Waals surface area contributed by atoms with Gasteiger partial charge < -0.3 is 25.5 Å². The quantitative estimate of drug-likeness (QED) is 0.334. The fourth-order valence-corrected chi connectivity index (χ4v) is 3.48. The van der Waals surface area contributed by atoms with Crippen LogP contribution < -0.4 is 10.6 Å². The highest BCUT2D eigenvalue weighted by Gasteiger charge is 2.25. The number of likely N-dealkylation sites (N-methyl/N-ethyl adjacent to an activating group) is 1. The Morgan fingerprint density at radius 2 is 1.75 bits per heavy atom. The van der Waals surface area contributed by atoms with Gasteiger partial charge in [0.2, 0.25) is 0 Å². The van der Waals surface area contributed by atoms with Crippen molar-refractivity contribution in [1.82, 2.24) is 15.1 Å². The number of aldehydes is 1. The third-order valence-electron chi connectivity index (χ3n) is 5.25. The maximum absolute atomic E-state index is 12.8. The van der Waals surface area contributed by atoms with Crippen LogP contribution >= 0.6 is 0 Å². The number of aromatic hydroxyl groups is 1. The van der Waals surface area contributed by atoms with Crippen LogP contribution in [0.3, 0.4) is 0 Å². The predicted octanol–water partition coefficient (Wildman–Crippen LogP) is 2.33. The third kappa shape index (κ3) is 5.26. The number of phenolic OH excluding ortho intramolecular Hbond substituents is 1. The van der Waals surface area contributed by atoms with Gasteiger partial charge in [0.1, 0.15) is 11.4 Å².